The van der Waals surface area contributed by atoms with Gasteiger partial charge in [0.1, 0.15) is 0 Å². The first kappa shape index (κ1) is 10.5. The van der Waals surface area contributed by atoms with Crippen molar-refractivity contribution in [2.45, 2.75) is 12.2 Å². The number of nitrogens with zero attached hydrogens (tertiary/aromatic N) is 1. The van der Waals surface area contributed by atoms with Crippen molar-refractivity contribution in [3.63, 3.8) is 0 Å². The molecule has 6 nitrogen and oxygen atoms in total. The van der Waals surface area contributed by atoms with E-state index in [1.54, 1.807) is 12.1 Å². The molecule has 0 aliphatic carbocycles. The van der Waals surface area contributed by atoms with Crippen molar-refractivity contribution in [2.24, 2.45) is 0 Å². The highest BCUT2D eigenvalue weighted by molar-refractivity contribution is 5.54. The molecule has 3 rings (SSSR count). The summed E-state index contributed by atoms with van der Waals surface area (Å²) in [5.41, 5.74) is 0.580. The van der Waals surface area contributed by atoms with Gasteiger partial charge in [-0.1, -0.05) is 6.07 Å². The van der Waals surface area contributed by atoms with Crippen molar-refractivity contribution in [3.05, 3.63) is 33.9 Å². The first-order chi connectivity index (χ1) is 8.23. The molecule has 1 aromatic carbocycles. The van der Waals surface area contributed by atoms with Gasteiger partial charge in [0.2, 0.25) is 11.5 Å². The first-order valence-corrected chi connectivity index (χ1v) is 5.41. The summed E-state index contributed by atoms with van der Waals surface area (Å²) in [5.74, 6) is -0.578. The maximum absolute atomic E-state index is 10.9. The summed E-state index contributed by atoms with van der Waals surface area (Å²) >= 11 is 0. The Hall–Kier alpha value is -1.66. The van der Waals surface area contributed by atoms with E-state index in [2.05, 4.69) is 0 Å². The highest BCUT2D eigenvalue weighted by Crippen LogP contribution is 2.46. The molecule has 6 heteroatoms. The highest BCUT2D eigenvalue weighted by atomic mass is 16.7. The summed E-state index contributed by atoms with van der Waals surface area (Å²) in [6.07, 6.45) is 0.557. The molecule has 0 radical (unpaired) electrons. The molecule has 0 aromatic heterocycles. The van der Waals surface area contributed by atoms with Gasteiger partial charge in [0.05, 0.1) is 30.3 Å². The number of hydrogen-bond donors (Lipinski definition) is 0. The molecular formula is C11H11NO5. The lowest BCUT2D eigenvalue weighted by molar-refractivity contribution is -0.386. The average molecular weight is 237 g/mol. The quantitative estimate of drug-likeness (QED) is 0.547. The van der Waals surface area contributed by atoms with Crippen LogP contribution in [0.25, 0.3) is 0 Å². The van der Waals surface area contributed by atoms with Crippen LogP contribution < -0.4 is 4.74 Å². The molecular weight excluding hydrogens is 226 g/mol. The number of nitro groups is 1. The molecule has 90 valence electrons. The van der Waals surface area contributed by atoms with Gasteiger partial charge in [0, 0.05) is 12.5 Å². The van der Waals surface area contributed by atoms with Gasteiger partial charge in [-0.3, -0.25) is 10.1 Å². The van der Waals surface area contributed by atoms with E-state index in [1.165, 1.54) is 6.07 Å². The zero-order valence-corrected chi connectivity index (χ0v) is 9.05. The van der Waals surface area contributed by atoms with Crippen LogP contribution >= 0.6 is 0 Å². The predicted molar refractivity (Wildman–Crippen MR) is 56.8 cm³/mol. The van der Waals surface area contributed by atoms with Crippen molar-refractivity contribution >= 4 is 5.69 Å². The fraction of sp³-hybridized carbons (Fsp3) is 0.455. The zero-order chi connectivity index (χ0) is 11.9. The van der Waals surface area contributed by atoms with Crippen LogP contribution in [-0.4, -0.2) is 24.7 Å². The van der Waals surface area contributed by atoms with Crippen molar-refractivity contribution in [2.75, 3.05) is 19.8 Å². The molecule has 2 aliphatic rings. The van der Waals surface area contributed by atoms with E-state index in [1.807, 2.05) is 0 Å². The van der Waals surface area contributed by atoms with Crippen LogP contribution in [0.5, 0.6) is 5.75 Å². The van der Waals surface area contributed by atoms with Gasteiger partial charge in [-0.25, -0.2) is 0 Å². The Morgan fingerprint density at radius 2 is 2.00 bits per heavy atom. The Bertz CT molecular complexity index is 467. The van der Waals surface area contributed by atoms with Gasteiger partial charge >= 0.3 is 5.69 Å². The Kier molecular flexibility index (Phi) is 2.27. The van der Waals surface area contributed by atoms with Crippen molar-refractivity contribution < 1.29 is 19.1 Å². The second kappa shape index (κ2) is 3.68. The molecule has 0 bridgehead atoms. The SMILES string of the molecule is O=[N+]([O-])c1cccc2c1OCCC21OCCO1. The molecule has 0 atom stereocenters. The number of fused-ring (bicyclic) bond motifs is 2. The molecule has 0 saturated carbocycles. The average Bonchev–Trinajstić information content (AvgIpc) is 2.78. The number of nitro benzene ring substituents is 1. The summed E-state index contributed by atoms with van der Waals surface area (Å²) in [6.45, 7) is 1.36. The van der Waals surface area contributed by atoms with E-state index in [9.17, 15) is 10.1 Å². The Morgan fingerprint density at radius 1 is 1.24 bits per heavy atom. The maximum Gasteiger partial charge on any atom is 0.311 e. The van der Waals surface area contributed by atoms with Crippen LogP contribution in [0.4, 0.5) is 5.69 Å². The third-order valence-corrected chi connectivity index (χ3v) is 3.03. The monoisotopic (exact) mass is 237 g/mol. The molecule has 1 spiro atoms. The predicted octanol–water partition coefficient (Wildman–Crippen LogP) is 1.58. The number of para-hydroxylation sites is 1. The Balaban J connectivity index is 2.15. The van der Waals surface area contributed by atoms with E-state index in [0.717, 1.165) is 0 Å². The normalized spacial score (nSPS) is 20.9. The van der Waals surface area contributed by atoms with Gasteiger partial charge in [0.15, 0.2) is 0 Å². The van der Waals surface area contributed by atoms with E-state index in [0.29, 0.717) is 31.8 Å². The third-order valence-electron chi connectivity index (χ3n) is 3.03. The van der Waals surface area contributed by atoms with Gasteiger partial charge in [-0.15, -0.1) is 0 Å². The molecule has 2 heterocycles. The van der Waals surface area contributed by atoms with Gasteiger partial charge < -0.3 is 14.2 Å². The topological polar surface area (TPSA) is 70.8 Å². The third kappa shape index (κ3) is 1.49. The highest BCUT2D eigenvalue weighted by Gasteiger charge is 2.45. The smallest absolute Gasteiger partial charge is 0.311 e. The molecule has 1 aromatic rings. The minimum absolute atomic E-state index is 0.0410. The minimum Gasteiger partial charge on any atom is -0.486 e. The Labute approximate surface area is 97.2 Å². The molecule has 2 aliphatic heterocycles. The van der Waals surface area contributed by atoms with Crippen LogP contribution in [0.15, 0.2) is 18.2 Å². The standard InChI is InChI=1S/C11H11NO5/c13-12(14)9-3-1-2-8-10(9)15-5-4-11(8)16-6-7-17-11/h1-3H,4-7H2. The van der Waals surface area contributed by atoms with E-state index < -0.39 is 10.7 Å². The van der Waals surface area contributed by atoms with E-state index in [-0.39, 0.29) is 11.4 Å². The molecule has 0 amide bonds. The number of hydrogen-bond acceptors (Lipinski definition) is 5. The number of ether oxygens (including phenoxy) is 3. The van der Waals surface area contributed by atoms with Crippen LogP contribution in [0, 0.1) is 10.1 Å². The summed E-state index contributed by atoms with van der Waals surface area (Å²) in [5, 5.41) is 10.9. The minimum atomic E-state index is -0.848. The lowest BCUT2D eigenvalue weighted by Crippen LogP contribution is -2.34. The largest absolute Gasteiger partial charge is 0.486 e. The first-order valence-electron chi connectivity index (χ1n) is 5.41. The zero-order valence-electron chi connectivity index (χ0n) is 9.05. The van der Waals surface area contributed by atoms with Gasteiger partial charge in [0.25, 0.3) is 0 Å². The maximum atomic E-state index is 10.9. The van der Waals surface area contributed by atoms with Crippen molar-refractivity contribution in [1.82, 2.24) is 0 Å². The van der Waals surface area contributed by atoms with E-state index in [4.69, 9.17) is 14.2 Å². The molecule has 0 unspecified atom stereocenters. The van der Waals surface area contributed by atoms with Crippen LogP contribution in [0.1, 0.15) is 12.0 Å². The van der Waals surface area contributed by atoms with E-state index >= 15 is 0 Å². The van der Waals surface area contributed by atoms with Gasteiger partial charge in [-0.05, 0) is 6.07 Å². The number of rotatable bonds is 1. The number of benzene rings is 1. The van der Waals surface area contributed by atoms with Crippen molar-refractivity contribution in [3.8, 4) is 5.75 Å². The Morgan fingerprint density at radius 3 is 2.71 bits per heavy atom. The lowest BCUT2D eigenvalue weighted by atomic mass is 9.98. The summed E-state index contributed by atoms with van der Waals surface area (Å²) < 4.78 is 16.6. The molecule has 1 saturated heterocycles. The second-order valence-electron chi connectivity index (χ2n) is 3.96. The lowest BCUT2D eigenvalue weighted by Gasteiger charge is -2.32. The molecule has 0 N–H and O–H groups in total. The van der Waals surface area contributed by atoms with Gasteiger partial charge in [-0.2, -0.15) is 0 Å². The fourth-order valence-corrected chi connectivity index (χ4v) is 2.30. The summed E-state index contributed by atoms with van der Waals surface area (Å²) in [6, 6.07) is 4.80. The molecule has 17 heavy (non-hydrogen) atoms. The molecule has 1 fully saturated rings. The fourth-order valence-electron chi connectivity index (χ4n) is 2.30. The van der Waals surface area contributed by atoms with Crippen molar-refractivity contribution in [1.29, 1.82) is 0 Å². The summed E-state index contributed by atoms with van der Waals surface area (Å²) in [7, 11) is 0. The van der Waals surface area contributed by atoms with Crippen LogP contribution in [0.2, 0.25) is 0 Å². The van der Waals surface area contributed by atoms with Crippen LogP contribution in [-0.2, 0) is 15.3 Å². The second-order valence-corrected chi connectivity index (χ2v) is 3.96. The van der Waals surface area contributed by atoms with Crippen LogP contribution in [0.3, 0.4) is 0 Å². The summed E-state index contributed by atoms with van der Waals surface area (Å²) in [4.78, 5) is 10.5.